The minimum absolute atomic E-state index is 0.139. The van der Waals surface area contributed by atoms with E-state index in [9.17, 15) is 4.79 Å². The SMILES string of the molecule is O=C(NCc1c[nH]c2ccccc12)c1cccnc1OC1CCSC1. The van der Waals surface area contributed by atoms with Gasteiger partial charge in [-0.2, -0.15) is 11.8 Å². The van der Waals surface area contributed by atoms with E-state index in [1.54, 1.807) is 18.3 Å². The predicted molar refractivity (Wildman–Crippen MR) is 100 cm³/mol. The standard InChI is InChI=1S/C19H19N3O2S/c23-18(22-11-13-10-21-17-6-2-1-4-15(13)17)16-5-3-8-20-19(16)24-14-7-9-25-12-14/h1-6,8,10,14,21H,7,9,11-12H2,(H,22,23). The molecule has 1 aliphatic heterocycles. The van der Waals surface area contributed by atoms with Crippen LogP contribution in [0.1, 0.15) is 22.3 Å². The largest absolute Gasteiger partial charge is 0.473 e. The van der Waals surface area contributed by atoms with Crippen molar-refractivity contribution in [3.8, 4) is 5.88 Å². The Labute approximate surface area is 150 Å². The number of rotatable bonds is 5. The third-order valence-electron chi connectivity index (χ3n) is 4.30. The smallest absolute Gasteiger partial charge is 0.257 e. The van der Waals surface area contributed by atoms with Crippen LogP contribution in [0.5, 0.6) is 5.88 Å². The topological polar surface area (TPSA) is 67.0 Å². The van der Waals surface area contributed by atoms with Gasteiger partial charge in [0.05, 0.1) is 0 Å². The number of hydrogen-bond acceptors (Lipinski definition) is 4. The van der Waals surface area contributed by atoms with Crippen LogP contribution in [-0.4, -0.2) is 33.5 Å². The fourth-order valence-electron chi connectivity index (χ4n) is 2.97. The quantitative estimate of drug-likeness (QED) is 0.738. The van der Waals surface area contributed by atoms with Gasteiger partial charge in [-0.1, -0.05) is 18.2 Å². The molecule has 1 amide bonds. The highest BCUT2D eigenvalue weighted by Gasteiger charge is 2.21. The number of fused-ring (bicyclic) bond motifs is 1. The summed E-state index contributed by atoms with van der Waals surface area (Å²) in [4.78, 5) is 20.1. The van der Waals surface area contributed by atoms with E-state index in [0.717, 1.165) is 34.4 Å². The van der Waals surface area contributed by atoms with E-state index in [1.807, 2.05) is 42.2 Å². The normalized spacial score (nSPS) is 16.9. The zero-order chi connectivity index (χ0) is 17.1. The summed E-state index contributed by atoms with van der Waals surface area (Å²) in [6.07, 6.45) is 4.73. The van der Waals surface area contributed by atoms with Crippen molar-refractivity contribution in [3.63, 3.8) is 0 Å². The van der Waals surface area contributed by atoms with Gasteiger partial charge >= 0.3 is 0 Å². The Balaban J connectivity index is 1.47. The number of thioether (sulfide) groups is 1. The summed E-state index contributed by atoms with van der Waals surface area (Å²) in [5, 5.41) is 4.09. The minimum atomic E-state index is -0.168. The summed E-state index contributed by atoms with van der Waals surface area (Å²) in [6, 6.07) is 11.6. The lowest BCUT2D eigenvalue weighted by atomic mass is 10.1. The number of H-pyrrole nitrogens is 1. The van der Waals surface area contributed by atoms with E-state index in [1.165, 1.54) is 0 Å². The number of nitrogens with zero attached hydrogens (tertiary/aromatic N) is 1. The van der Waals surface area contributed by atoms with Gasteiger partial charge in [0.1, 0.15) is 11.7 Å². The molecule has 4 rings (SSSR count). The van der Waals surface area contributed by atoms with Crippen molar-refractivity contribution < 1.29 is 9.53 Å². The van der Waals surface area contributed by atoms with Gasteiger partial charge in [0.15, 0.2) is 0 Å². The molecule has 2 N–H and O–H groups in total. The van der Waals surface area contributed by atoms with Gasteiger partial charge in [0.2, 0.25) is 5.88 Å². The lowest BCUT2D eigenvalue weighted by Gasteiger charge is -2.14. The second-order valence-electron chi connectivity index (χ2n) is 6.00. The van der Waals surface area contributed by atoms with Crippen LogP contribution >= 0.6 is 11.8 Å². The maximum absolute atomic E-state index is 12.6. The Morgan fingerprint density at radius 1 is 1.32 bits per heavy atom. The maximum atomic E-state index is 12.6. The van der Waals surface area contributed by atoms with E-state index in [2.05, 4.69) is 15.3 Å². The van der Waals surface area contributed by atoms with Gasteiger partial charge in [0.25, 0.3) is 5.91 Å². The summed E-state index contributed by atoms with van der Waals surface area (Å²) in [5.41, 5.74) is 2.61. The van der Waals surface area contributed by atoms with Crippen LogP contribution in [0.2, 0.25) is 0 Å². The van der Waals surface area contributed by atoms with E-state index in [0.29, 0.717) is 18.0 Å². The number of carbonyl (C=O) groups is 1. The van der Waals surface area contributed by atoms with E-state index in [-0.39, 0.29) is 12.0 Å². The van der Waals surface area contributed by atoms with Gasteiger partial charge < -0.3 is 15.0 Å². The van der Waals surface area contributed by atoms with Crippen LogP contribution in [0, 0.1) is 0 Å². The fourth-order valence-corrected chi connectivity index (χ4v) is 4.06. The van der Waals surface area contributed by atoms with Gasteiger partial charge in [-0.15, -0.1) is 0 Å². The van der Waals surface area contributed by atoms with Gasteiger partial charge in [-0.05, 0) is 35.9 Å². The van der Waals surface area contributed by atoms with Gasteiger partial charge in [-0.25, -0.2) is 4.98 Å². The second kappa shape index (κ2) is 7.19. The molecule has 1 unspecified atom stereocenters. The van der Waals surface area contributed by atoms with Crippen LogP contribution in [0.15, 0.2) is 48.8 Å². The first-order valence-electron chi connectivity index (χ1n) is 8.34. The second-order valence-corrected chi connectivity index (χ2v) is 7.15. The van der Waals surface area contributed by atoms with Crippen molar-refractivity contribution >= 4 is 28.6 Å². The van der Waals surface area contributed by atoms with E-state index >= 15 is 0 Å². The molecule has 1 saturated heterocycles. The number of aromatic nitrogens is 2. The molecule has 6 heteroatoms. The third-order valence-corrected chi connectivity index (χ3v) is 5.43. The summed E-state index contributed by atoms with van der Waals surface area (Å²) in [5.74, 6) is 2.30. The number of amides is 1. The minimum Gasteiger partial charge on any atom is -0.473 e. The van der Waals surface area contributed by atoms with Crippen molar-refractivity contribution in [2.45, 2.75) is 19.1 Å². The summed E-state index contributed by atoms with van der Waals surface area (Å²) >= 11 is 1.87. The molecule has 1 atom stereocenters. The Kier molecular flexibility index (Phi) is 4.61. The van der Waals surface area contributed by atoms with Crippen molar-refractivity contribution in [1.29, 1.82) is 0 Å². The summed E-state index contributed by atoms with van der Waals surface area (Å²) in [6.45, 7) is 0.455. The van der Waals surface area contributed by atoms with Crippen LogP contribution in [0.25, 0.3) is 10.9 Å². The van der Waals surface area contributed by atoms with Crippen LogP contribution in [-0.2, 0) is 6.54 Å². The first kappa shape index (κ1) is 16.0. The monoisotopic (exact) mass is 353 g/mol. The molecule has 25 heavy (non-hydrogen) atoms. The average molecular weight is 353 g/mol. The number of ether oxygens (including phenoxy) is 1. The molecular formula is C19H19N3O2S. The Hall–Kier alpha value is -2.47. The third kappa shape index (κ3) is 3.49. The molecule has 0 bridgehead atoms. The number of nitrogens with one attached hydrogen (secondary N) is 2. The Morgan fingerprint density at radius 3 is 3.12 bits per heavy atom. The zero-order valence-corrected chi connectivity index (χ0v) is 14.5. The molecule has 128 valence electrons. The highest BCUT2D eigenvalue weighted by molar-refractivity contribution is 7.99. The first-order chi connectivity index (χ1) is 12.3. The molecule has 3 aromatic rings. The van der Waals surface area contributed by atoms with Gasteiger partial charge in [0, 0.05) is 35.6 Å². The maximum Gasteiger partial charge on any atom is 0.257 e. The molecule has 1 aliphatic rings. The molecule has 1 aromatic carbocycles. The van der Waals surface area contributed by atoms with Crippen LogP contribution in [0.4, 0.5) is 0 Å². The van der Waals surface area contributed by atoms with Crippen molar-refractivity contribution in [2.24, 2.45) is 0 Å². The predicted octanol–water partition coefficient (Wildman–Crippen LogP) is 3.38. The van der Waals surface area contributed by atoms with E-state index < -0.39 is 0 Å². The number of benzene rings is 1. The van der Waals surface area contributed by atoms with E-state index in [4.69, 9.17) is 4.74 Å². The molecule has 0 spiro atoms. The van der Waals surface area contributed by atoms with Crippen LogP contribution < -0.4 is 10.1 Å². The molecule has 5 nitrogen and oxygen atoms in total. The molecule has 0 radical (unpaired) electrons. The number of aromatic amines is 1. The highest BCUT2D eigenvalue weighted by atomic mass is 32.2. The molecule has 2 aromatic heterocycles. The van der Waals surface area contributed by atoms with Crippen LogP contribution in [0.3, 0.4) is 0 Å². The Morgan fingerprint density at radius 2 is 2.24 bits per heavy atom. The molecule has 3 heterocycles. The lowest BCUT2D eigenvalue weighted by Crippen LogP contribution is -2.25. The average Bonchev–Trinajstić information content (AvgIpc) is 3.30. The Bertz CT molecular complexity index is 887. The molecular weight excluding hydrogens is 334 g/mol. The zero-order valence-electron chi connectivity index (χ0n) is 13.7. The van der Waals surface area contributed by atoms with Crippen molar-refractivity contribution in [1.82, 2.24) is 15.3 Å². The lowest BCUT2D eigenvalue weighted by molar-refractivity contribution is 0.0943. The number of carbonyl (C=O) groups excluding carboxylic acids is 1. The van der Waals surface area contributed by atoms with Crippen molar-refractivity contribution in [2.75, 3.05) is 11.5 Å². The van der Waals surface area contributed by atoms with Crippen molar-refractivity contribution in [3.05, 3.63) is 59.9 Å². The summed E-state index contributed by atoms with van der Waals surface area (Å²) in [7, 11) is 0. The number of hydrogen-bond donors (Lipinski definition) is 2. The summed E-state index contributed by atoms with van der Waals surface area (Å²) < 4.78 is 5.94. The van der Waals surface area contributed by atoms with Gasteiger partial charge in [-0.3, -0.25) is 4.79 Å². The first-order valence-corrected chi connectivity index (χ1v) is 9.49. The molecule has 0 aliphatic carbocycles. The number of pyridine rings is 1. The number of para-hydroxylation sites is 1. The molecule has 0 saturated carbocycles. The highest BCUT2D eigenvalue weighted by Crippen LogP contribution is 2.24. The fraction of sp³-hybridized carbons (Fsp3) is 0.263. The molecule has 1 fully saturated rings.